The fourth-order valence-electron chi connectivity index (χ4n) is 2.28. The first-order valence-electron chi connectivity index (χ1n) is 7.09. The minimum Gasteiger partial charge on any atom is -0.497 e. The highest BCUT2D eigenvalue weighted by molar-refractivity contribution is 6.42. The van der Waals surface area contributed by atoms with Crippen LogP contribution in [0.4, 0.5) is 0 Å². The average Bonchev–Trinajstić information content (AvgIpc) is 3.03. The summed E-state index contributed by atoms with van der Waals surface area (Å²) in [5, 5.41) is 8.01. The molecule has 1 heterocycles. The minimum atomic E-state index is -0.824. The van der Waals surface area contributed by atoms with Gasteiger partial charge in [0.25, 0.3) is 0 Å². The molecule has 7 heteroatoms. The zero-order valence-electron chi connectivity index (χ0n) is 13.7. The van der Waals surface area contributed by atoms with Crippen molar-refractivity contribution in [2.24, 2.45) is 0 Å². The first-order chi connectivity index (χ1) is 11.5. The van der Waals surface area contributed by atoms with Gasteiger partial charge in [-0.1, -0.05) is 12.1 Å². The predicted molar refractivity (Wildman–Crippen MR) is 86.7 cm³/mol. The number of carbonyl (C=O) groups excluding carboxylic acids is 2. The minimum absolute atomic E-state index is 0.140. The second-order valence-corrected chi connectivity index (χ2v) is 4.91. The van der Waals surface area contributed by atoms with Crippen LogP contribution in [0.25, 0.3) is 0 Å². The van der Waals surface area contributed by atoms with Crippen molar-refractivity contribution in [2.75, 3.05) is 21.3 Å². The topological polar surface area (TPSA) is 90.6 Å². The number of nitrogens with one attached hydrogen (secondary N) is 1. The summed E-state index contributed by atoms with van der Waals surface area (Å²) in [6.45, 7) is 0.371. The van der Waals surface area contributed by atoms with E-state index >= 15 is 0 Å². The van der Waals surface area contributed by atoms with E-state index in [1.54, 1.807) is 17.9 Å². The summed E-state index contributed by atoms with van der Waals surface area (Å²) in [7, 11) is 4.01. The Morgan fingerprint density at radius 3 is 2.25 bits per heavy atom. The van der Waals surface area contributed by atoms with Crippen LogP contribution in [-0.4, -0.2) is 43.5 Å². The van der Waals surface area contributed by atoms with Crippen molar-refractivity contribution in [3.63, 3.8) is 0 Å². The van der Waals surface area contributed by atoms with Crippen LogP contribution in [0, 0.1) is 5.41 Å². The van der Waals surface area contributed by atoms with E-state index in [0.717, 1.165) is 11.3 Å². The highest BCUT2D eigenvalue weighted by Crippen LogP contribution is 2.18. The number of hydrogen-bond donors (Lipinski definition) is 1. The number of benzene rings is 1. The van der Waals surface area contributed by atoms with Crippen molar-refractivity contribution in [1.82, 2.24) is 4.57 Å². The molecule has 1 aromatic heterocycles. The zero-order chi connectivity index (χ0) is 17.7. The highest BCUT2D eigenvalue weighted by Gasteiger charge is 2.25. The molecule has 1 N–H and O–H groups in total. The zero-order valence-corrected chi connectivity index (χ0v) is 13.7. The van der Waals surface area contributed by atoms with Gasteiger partial charge in [0.05, 0.1) is 32.6 Å². The van der Waals surface area contributed by atoms with Crippen LogP contribution >= 0.6 is 0 Å². The normalized spacial score (nSPS) is 10.1. The lowest BCUT2D eigenvalue weighted by atomic mass is 10.1. The van der Waals surface area contributed by atoms with Crippen molar-refractivity contribution in [2.45, 2.75) is 6.54 Å². The first kappa shape index (κ1) is 17.3. The Hall–Kier alpha value is -3.09. The van der Waals surface area contributed by atoms with Gasteiger partial charge in [-0.05, 0) is 23.8 Å². The van der Waals surface area contributed by atoms with Gasteiger partial charge in [0.1, 0.15) is 5.75 Å². The number of ether oxygens (including phenoxy) is 3. The summed E-state index contributed by atoms with van der Waals surface area (Å²) >= 11 is 0. The molecule has 126 valence electrons. The number of methoxy groups -OCH3 is 3. The Labute approximate surface area is 139 Å². The van der Waals surface area contributed by atoms with Gasteiger partial charge in [0.15, 0.2) is 5.71 Å². The Bertz CT molecular complexity index is 762. The third kappa shape index (κ3) is 3.45. The number of aromatic nitrogens is 1. The van der Waals surface area contributed by atoms with E-state index < -0.39 is 17.7 Å². The number of rotatable bonds is 6. The first-order valence-corrected chi connectivity index (χ1v) is 7.09. The average molecular weight is 330 g/mol. The molecule has 0 atom stereocenters. The van der Waals surface area contributed by atoms with E-state index in [-0.39, 0.29) is 11.3 Å². The second kappa shape index (κ2) is 7.45. The predicted octanol–water partition coefficient (Wildman–Crippen LogP) is 1.87. The lowest BCUT2D eigenvalue weighted by Crippen LogP contribution is -2.23. The second-order valence-electron chi connectivity index (χ2n) is 4.91. The van der Waals surface area contributed by atoms with Crippen molar-refractivity contribution < 1.29 is 23.8 Å². The molecular formula is C17H18N2O5. The number of esters is 2. The summed E-state index contributed by atoms with van der Waals surface area (Å²) < 4.78 is 16.1. The van der Waals surface area contributed by atoms with E-state index in [9.17, 15) is 9.59 Å². The van der Waals surface area contributed by atoms with Crippen LogP contribution in [0.3, 0.4) is 0 Å². The van der Waals surface area contributed by atoms with Gasteiger partial charge in [-0.2, -0.15) is 0 Å². The van der Waals surface area contributed by atoms with E-state index in [2.05, 4.69) is 4.74 Å². The van der Waals surface area contributed by atoms with Gasteiger partial charge in [-0.25, -0.2) is 9.59 Å². The third-order valence-corrected chi connectivity index (χ3v) is 3.51. The molecule has 0 aliphatic rings. The Kier molecular flexibility index (Phi) is 5.36. The molecule has 0 saturated carbocycles. The molecular weight excluding hydrogens is 312 g/mol. The third-order valence-electron chi connectivity index (χ3n) is 3.51. The van der Waals surface area contributed by atoms with E-state index in [1.165, 1.54) is 20.3 Å². The van der Waals surface area contributed by atoms with Gasteiger partial charge >= 0.3 is 11.9 Å². The molecule has 2 aromatic rings. The molecule has 0 aliphatic heterocycles. The molecule has 0 amide bonds. The SMILES string of the molecule is COC(=O)C(=N)c1c(C(=O)OC)ccn1Cc1ccc(OC)cc1. The molecule has 7 nitrogen and oxygen atoms in total. The van der Waals surface area contributed by atoms with Crippen LogP contribution < -0.4 is 4.74 Å². The fraction of sp³-hybridized carbons (Fsp3) is 0.235. The summed E-state index contributed by atoms with van der Waals surface area (Å²) in [5.74, 6) is -0.717. The molecule has 0 unspecified atom stereocenters. The lowest BCUT2D eigenvalue weighted by molar-refractivity contribution is -0.132. The molecule has 0 spiro atoms. The summed E-state index contributed by atoms with van der Waals surface area (Å²) in [6.07, 6.45) is 1.63. The van der Waals surface area contributed by atoms with Crippen LogP contribution in [0.15, 0.2) is 36.5 Å². The van der Waals surface area contributed by atoms with E-state index in [1.807, 2.05) is 24.3 Å². The van der Waals surface area contributed by atoms with Gasteiger partial charge in [0, 0.05) is 12.7 Å². The number of hydrogen-bond acceptors (Lipinski definition) is 6. The van der Waals surface area contributed by atoms with Crippen LogP contribution in [0.1, 0.15) is 21.6 Å². The van der Waals surface area contributed by atoms with Crippen molar-refractivity contribution in [3.05, 3.63) is 53.3 Å². The van der Waals surface area contributed by atoms with Gasteiger partial charge in [0.2, 0.25) is 0 Å². The molecule has 0 fully saturated rings. The van der Waals surface area contributed by atoms with Crippen LogP contribution in [0.5, 0.6) is 5.75 Å². The Morgan fingerprint density at radius 2 is 1.71 bits per heavy atom. The Balaban J connectivity index is 2.41. The van der Waals surface area contributed by atoms with Crippen LogP contribution in [0.2, 0.25) is 0 Å². The molecule has 0 aliphatic carbocycles. The molecule has 0 radical (unpaired) electrons. The maximum Gasteiger partial charge on any atom is 0.358 e. The van der Waals surface area contributed by atoms with E-state index in [0.29, 0.717) is 6.54 Å². The van der Waals surface area contributed by atoms with Crippen LogP contribution in [-0.2, 0) is 20.8 Å². The summed E-state index contributed by atoms with van der Waals surface area (Å²) in [4.78, 5) is 23.6. The van der Waals surface area contributed by atoms with Crippen molar-refractivity contribution in [1.29, 1.82) is 5.41 Å². The Morgan fingerprint density at radius 1 is 1.04 bits per heavy atom. The van der Waals surface area contributed by atoms with Gasteiger partial charge in [-0.3, -0.25) is 5.41 Å². The quantitative estimate of drug-likeness (QED) is 0.645. The van der Waals surface area contributed by atoms with Crippen molar-refractivity contribution in [3.8, 4) is 5.75 Å². The number of nitrogens with zero attached hydrogens (tertiary/aromatic N) is 1. The molecule has 2 rings (SSSR count). The lowest BCUT2D eigenvalue weighted by Gasteiger charge is -2.11. The summed E-state index contributed by atoms with van der Waals surface area (Å²) in [5.41, 5.74) is 0.809. The molecule has 0 saturated heterocycles. The van der Waals surface area contributed by atoms with Crippen molar-refractivity contribution >= 4 is 17.7 Å². The van der Waals surface area contributed by atoms with Gasteiger partial charge in [-0.15, -0.1) is 0 Å². The molecule has 1 aromatic carbocycles. The largest absolute Gasteiger partial charge is 0.497 e. The van der Waals surface area contributed by atoms with Gasteiger partial charge < -0.3 is 18.8 Å². The highest BCUT2D eigenvalue weighted by atomic mass is 16.5. The maximum absolute atomic E-state index is 11.9. The molecule has 0 bridgehead atoms. The fourth-order valence-corrected chi connectivity index (χ4v) is 2.28. The summed E-state index contributed by atoms with van der Waals surface area (Å²) in [6, 6.07) is 8.86. The maximum atomic E-state index is 11.9. The monoisotopic (exact) mass is 330 g/mol. The van der Waals surface area contributed by atoms with E-state index in [4.69, 9.17) is 14.9 Å². The molecule has 24 heavy (non-hydrogen) atoms. The standard InChI is InChI=1S/C17H18N2O5/c1-22-12-6-4-11(5-7-12)10-19-9-8-13(16(20)23-2)15(19)14(18)17(21)24-3/h4-9,18H,10H2,1-3H3. The smallest absolute Gasteiger partial charge is 0.358 e. The number of carbonyl (C=O) groups is 2.